The number of carbonyl (C=O) groups is 2. The van der Waals surface area contributed by atoms with E-state index in [1.165, 1.54) is 35.6 Å². The Balaban J connectivity index is 1.88. The molecule has 0 spiro atoms. The van der Waals surface area contributed by atoms with Crippen molar-refractivity contribution in [1.29, 1.82) is 10.5 Å². The van der Waals surface area contributed by atoms with Crippen molar-refractivity contribution in [2.75, 3.05) is 44.6 Å². The van der Waals surface area contributed by atoms with E-state index in [0.29, 0.717) is 23.7 Å². The summed E-state index contributed by atoms with van der Waals surface area (Å²) in [6, 6.07) is 9.39. The zero-order chi connectivity index (χ0) is 28.6. The van der Waals surface area contributed by atoms with Crippen LogP contribution in [0.2, 0.25) is 0 Å². The van der Waals surface area contributed by atoms with Crippen LogP contribution in [-0.4, -0.2) is 73.6 Å². The lowest BCUT2D eigenvalue weighted by Crippen LogP contribution is -2.34. The van der Waals surface area contributed by atoms with Gasteiger partial charge < -0.3 is 10.2 Å². The molecule has 1 aliphatic rings. The van der Waals surface area contributed by atoms with E-state index in [1.807, 2.05) is 26.0 Å². The van der Waals surface area contributed by atoms with Crippen molar-refractivity contribution in [3.63, 3.8) is 0 Å². The highest BCUT2D eigenvalue weighted by Crippen LogP contribution is 2.38. The van der Waals surface area contributed by atoms with Crippen LogP contribution in [0.5, 0.6) is 0 Å². The maximum atomic E-state index is 13.5. The van der Waals surface area contributed by atoms with Gasteiger partial charge in [-0.1, -0.05) is 6.92 Å². The second-order valence-electron chi connectivity index (χ2n) is 9.00. The predicted molar refractivity (Wildman–Crippen MR) is 150 cm³/mol. The summed E-state index contributed by atoms with van der Waals surface area (Å²) >= 11 is 1.42. The molecule has 3 rings (SSSR count). The molecule has 0 saturated carbocycles. The van der Waals surface area contributed by atoms with Gasteiger partial charge in [-0.05, 0) is 56.6 Å². The molecule has 2 amide bonds. The van der Waals surface area contributed by atoms with Crippen LogP contribution in [0.3, 0.4) is 0 Å². The van der Waals surface area contributed by atoms with Crippen LogP contribution >= 0.6 is 11.3 Å². The molecule has 0 fully saturated rings. The second-order valence-corrected chi connectivity index (χ2v) is 12.0. The number of nitrogens with zero attached hydrogens (tertiary/aromatic N) is 5. The van der Waals surface area contributed by atoms with E-state index in [9.17, 15) is 18.0 Å². The number of thiophene rings is 1. The lowest BCUT2D eigenvalue weighted by molar-refractivity contribution is 0.0772. The summed E-state index contributed by atoms with van der Waals surface area (Å²) in [6.07, 6.45) is 0.736. The lowest BCUT2D eigenvalue weighted by Gasteiger charge is -2.26. The van der Waals surface area contributed by atoms with Crippen molar-refractivity contribution in [3.8, 4) is 12.1 Å². The zero-order valence-electron chi connectivity index (χ0n) is 22.6. The molecular formula is C27H34N6O4S2. The molecule has 2 aromatic rings. The number of hydrogen-bond acceptors (Lipinski definition) is 8. The van der Waals surface area contributed by atoms with E-state index in [2.05, 4.69) is 17.1 Å². The van der Waals surface area contributed by atoms with Gasteiger partial charge in [-0.15, -0.1) is 11.3 Å². The average molecular weight is 571 g/mol. The van der Waals surface area contributed by atoms with Crippen molar-refractivity contribution in [2.24, 2.45) is 0 Å². The van der Waals surface area contributed by atoms with Crippen molar-refractivity contribution in [2.45, 2.75) is 51.5 Å². The van der Waals surface area contributed by atoms with Gasteiger partial charge in [0.15, 0.2) is 0 Å². The molecule has 0 unspecified atom stereocenters. The number of carbonyl (C=O) groups excluding carboxylic acids is 2. The molecule has 12 heteroatoms. The van der Waals surface area contributed by atoms with Gasteiger partial charge in [-0.25, -0.2) is 8.42 Å². The molecule has 39 heavy (non-hydrogen) atoms. The van der Waals surface area contributed by atoms with Gasteiger partial charge in [-0.2, -0.15) is 14.8 Å². The number of nitriles is 2. The summed E-state index contributed by atoms with van der Waals surface area (Å²) in [7, 11) is -3.94. The topological polar surface area (TPSA) is 138 Å². The van der Waals surface area contributed by atoms with Gasteiger partial charge in [0, 0.05) is 62.6 Å². The average Bonchev–Trinajstić information content (AvgIpc) is 3.30. The Morgan fingerprint density at radius 2 is 1.67 bits per heavy atom. The normalized spacial score (nSPS) is 13.4. The Labute approximate surface area is 234 Å². The van der Waals surface area contributed by atoms with E-state index in [1.54, 1.807) is 4.90 Å². The highest BCUT2D eigenvalue weighted by Gasteiger charge is 2.30. The third kappa shape index (κ3) is 6.84. The molecule has 208 valence electrons. The van der Waals surface area contributed by atoms with Crippen LogP contribution in [0.25, 0.3) is 0 Å². The fourth-order valence-corrected chi connectivity index (χ4v) is 7.23. The highest BCUT2D eigenvalue weighted by atomic mass is 32.2. The van der Waals surface area contributed by atoms with E-state index >= 15 is 0 Å². The van der Waals surface area contributed by atoms with Crippen LogP contribution in [0.1, 0.15) is 64.8 Å². The molecule has 0 atom stereocenters. The summed E-state index contributed by atoms with van der Waals surface area (Å²) in [6.45, 7) is 9.50. The number of rotatable bonds is 12. The molecule has 1 aromatic carbocycles. The number of sulfonamides is 1. The first-order valence-corrected chi connectivity index (χ1v) is 15.3. The molecule has 1 aromatic heterocycles. The molecular weight excluding hydrogens is 536 g/mol. The Morgan fingerprint density at radius 3 is 2.21 bits per heavy atom. The largest absolute Gasteiger partial charge is 0.339 e. The van der Waals surface area contributed by atoms with Crippen LogP contribution in [0, 0.1) is 22.7 Å². The zero-order valence-corrected chi connectivity index (χ0v) is 24.2. The van der Waals surface area contributed by atoms with Crippen molar-refractivity contribution in [1.82, 2.24) is 14.1 Å². The summed E-state index contributed by atoms with van der Waals surface area (Å²) in [5, 5.41) is 21.2. The maximum absolute atomic E-state index is 13.5. The summed E-state index contributed by atoms with van der Waals surface area (Å²) < 4.78 is 27.3. The third-order valence-electron chi connectivity index (χ3n) is 6.78. The number of anilines is 1. The first-order chi connectivity index (χ1) is 18.7. The predicted octanol–water partition coefficient (Wildman–Crippen LogP) is 3.68. The molecule has 0 aliphatic carbocycles. The van der Waals surface area contributed by atoms with E-state index < -0.39 is 15.9 Å². The smallest absolute Gasteiger partial charge is 0.257 e. The first kappa shape index (κ1) is 30.3. The minimum atomic E-state index is -3.94. The van der Waals surface area contributed by atoms with Gasteiger partial charge in [0.1, 0.15) is 5.00 Å². The Bertz CT molecular complexity index is 1350. The van der Waals surface area contributed by atoms with Crippen molar-refractivity contribution in [3.05, 3.63) is 45.8 Å². The number of hydrogen-bond donors (Lipinski definition) is 1. The van der Waals surface area contributed by atoms with Crippen LogP contribution in [0.15, 0.2) is 29.2 Å². The summed E-state index contributed by atoms with van der Waals surface area (Å²) in [5.74, 6) is -0.543. The lowest BCUT2D eigenvalue weighted by atomic mass is 10.0. The van der Waals surface area contributed by atoms with Crippen LogP contribution in [0.4, 0.5) is 5.00 Å². The summed E-state index contributed by atoms with van der Waals surface area (Å²) in [4.78, 5) is 31.8. The number of nitrogens with one attached hydrogen (secondary N) is 1. The Morgan fingerprint density at radius 1 is 1.05 bits per heavy atom. The minimum absolute atomic E-state index is 0.000495. The SMILES string of the molecule is CCN1CCc2c(sc(NC(=O)c3ccc(S(=O)(=O)N(CCC#N)CCC#N)cc3)c2C(=O)N(CC)CC)C1. The number of fused-ring (bicyclic) bond motifs is 1. The monoisotopic (exact) mass is 570 g/mol. The Kier molecular flexibility index (Phi) is 10.6. The molecule has 0 saturated heterocycles. The first-order valence-electron chi connectivity index (χ1n) is 13.0. The van der Waals surface area contributed by atoms with Crippen LogP contribution in [-0.2, 0) is 23.0 Å². The quantitative estimate of drug-likeness (QED) is 0.411. The third-order valence-corrected chi connectivity index (χ3v) is 9.82. The van der Waals surface area contributed by atoms with E-state index in [-0.39, 0.29) is 42.3 Å². The fraction of sp³-hybridized carbons (Fsp3) is 0.481. The van der Waals surface area contributed by atoms with Crippen LogP contribution < -0.4 is 5.32 Å². The number of likely N-dealkylation sites (N-methyl/N-ethyl adjacent to an activating group) is 1. The van der Waals surface area contributed by atoms with Gasteiger partial charge in [0.2, 0.25) is 10.0 Å². The number of amides is 2. The van der Waals surface area contributed by atoms with Gasteiger partial charge in [-0.3, -0.25) is 14.5 Å². The van der Waals surface area contributed by atoms with Gasteiger partial charge in [0.05, 0.1) is 22.6 Å². The maximum Gasteiger partial charge on any atom is 0.257 e. The van der Waals surface area contributed by atoms with Gasteiger partial charge in [0.25, 0.3) is 11.8 Å². The standard InChI is InChI=1S/C27H34N6O4S2/c1-4-31-18-13-22-23(19-31)38-26(24(22)27(35)32(5-2)6-3)30-25(34)20-9-11-21(12-10-20)39(36,37)33(16-7-14-28)17-8-15-29/h9-12H,4-8,13,16-19H2,1-3H3,(H,30,34). The highest BCUT2D eigenvalue weighted by molar-refractivity contribution is 7.89. The molecule has 0 radical (unpaired) electrons. The molecule has 0 bridgehead atoms. The van der Waals surface area contributed by atoms with E-state index in [4.69, 9.17) is 10.5 Å². The molecule has 10 nitrogen and oxygen atoms in total. The van der Waals surface area contributed by atoms with Crippen molar-refractivity contribution >= 4 is 38.2 Å². The minimum Gasteiger partial charge on any atom is -0.339 e. The second kappa shape index (κ2) is 13.7. The number of benzene rings is 1. The Hall–Kier alpha value is -3.29. The molecule has 1 N–H and O–H groups in total. The van der Waals surface area contributed by atoms with E-state index in [0.717, 1.165) is 40.8 Å². The summed E-state index contributed by atoms with van der Waals surface area (Å²) in [5.41, 5.74) is 1.79. The fourth-order valence-electron chi connectivity index (χ4n) is 4.51. The van der Waals surface area contributed by atoms with Gasteiger partial charge >= 0.3 is 0 Å². The molecule has 1 aliphatic heterocycles. The molecule has 2 heterocycles. The van der Waals surface area contributed by atoms with Crippen molar-refractivity contribution < 1.29 is 18.0 Å².